The van der Waals surface area contributed by atoms with E-state index in [1.54, 1.807) is 0 Å². The second-order valence-electron chi connectivity index (χ2n) is 5.45. The Morgan fingerprint density at radius 1 is 1.24 bits per heavy atom. The van der Waals surface area contributed by atoms with E-state index in [0.717, 1.165) is 0 Å². The highest BCUT2D eigenvalue weighted by Crippen LogP contribution is 2.39. The summed E-state index contributed by atoms with van der Waals surface area (Å²) in [6.07, 6.45) is 5.73. The first-order valence-electron chi connectivity index (χ1n) is 6.13. The number of rotatable bonds is 3. The van der Waals surface area contributed by atoms with Crippen LogP contribution in [0.25, 0.3) is 0 Å². The predicted octanol–water partition coefficient (Wildman–Crippen LogP) is 1.10. The Hall–Kier alpha value is -1.16. The van der Waals surface area contributed by atoms with Crippen LogP contribution in [0.5, 0.6) is 0 Å². The number of nitrogens with zero attached hydrogens (tertiary/aromatic N) is 1. The standard InChI is InChI=1S/C13H19NO3/c1-13(2,7-8-15)14-11(16)9-5-3-4-6-10(9)12(14)17/h3-4,9-10,15H,5-8H2,1-2H3. The summed E-state index contributed by atoms with van der Waals surface area (Å²) >= 11 is 0. The van der Waals surface area contributed by atoms with Crippen molar-refractivity contribution >= 4 is 11.8 Å². The smallest absolute Gasteiger partial charge is 0.233 e. The van der Waals surface area contributed by atoms with Gasteiger partial charge in [-0.05, 0) is 33.1 Å². The molecule has 0 saturated carbocycles. The first kappa shape index (κ1) is 12.3. The third-order valence-electron chi connectivity index (χ3n) is 3.84. The van der Waals surface area contributed by atoms with Crippen LogP contribution in [0.15, 0.2) is 12.2 Å². The molecule has 1 fully saturated rings. The van der Waals surface area contributed by atoms with Gasteiger partial charge in [-0.25, -0.2) is 0 Å². The highest BCUT2D eigenvalue weighted by atomic mass is 16.3. The molecule has 0 radical (unpaired) electrons. The highest BCUT2D eigenvalue weighted by molar-refractivity contribution is 6.06. The summed E-state index contributed by atoms with van der Waals surface area (Å²) in [5.41, 5.74) is -0.583. The number of aliphatic hydroxyl groups is 1. The second kappa shape index (κ2) is 4.26. The van der Waals surface area contributed by atoms with Crippen LogP contribution in [0.4, 0.5) is 0 Å². The topological polar surface area (TPSA) is 57.6 Å². The molecule has 2 rings (SSSR count). The van der Waals surface area contributed by atoms with Crippen molar-refractivity contribution in [1.82, 2.24) is 4.90 Å². The average Bonchev–Trinajstić information content (AvgIpc) is 2.53. The van der Waals surface area contributed by atoms with Crippen molar-refractivity contribution in [3.05, 3.63) is 12.2 Å². The molecule has 4 nitrogen and oxygen atoms in total. The number of hydrogen-bond acceptors (Lipinski definition) is 3. The van der Waals surface area contributed by atoms with E-state index < -0.39 is 5.54 Å². The number of aliphatic hydroxyl groups excluding tert-OH is 1. The van der Waals surface area contributed by atoms with E-state index in [1.807, 2.05) is 26.0 Å². The lowest BCUT2D eigenvalue weighted by Gasteiger charge is -2.33. The van der Waals surface area contributed by atoms with Crippen molar-refractivity contribution in [2.24, 2.45) is 11.8 Å². The second-order valence-corrected chi connectivity index (χ2v) is 5.45. The summed E-state index contributed by atoms with van der Waals surface area (Å²) in [7, 11) is 0. The molecule has 0 aromatic rings. The van der Waals surface area contributed by atoms with Gasteiger partial charge in [0.2, 0.25) is 11.8 Å². The molecule has 0 spiro atoms. The highest BCUT2D eigenvalue weighted by Gasteiger charge is 2.51. The monoisotopic (exact) mass is 237 g/mol. The summed E-state index contributed by atoms with van der Waals surface area (Å²) in [5, 5.41) is 9.03. The van der Waals surface area contributed by atoms with Crippen molar-refractivity contribution in [3.8, 4) is 0 Å². The zero-order chi connectivity index (χ0) is 12.6. The first-order chi connectivity index (χ1) is 7.99. The normalized spacial score (nSPS) is 28.8. The lowest BCUT2D eigenvalue weighted by Crippen LogP contribution is -2.48. The minimum Gasteiger partial charge on any atom is -0.396 e. The summed E-state index contributed by atoms with van der Waals surface area (Å²) in [4.78, 5) is 25.9. The maximum absolute atomic E-state index is 12.3. The average molecular weight is 237 g/mol. The molecule has 1 aliphatic carbocycles. The van der Waals surface area contributed by atoms with E-state index in [4.69, 9.17) is 5.11 Å². The molecule has 17 heavy (non-hydrogen) atoms. The number of fused-ring (bicyclic) bond motifs is 1. The molecular formula is C13H19NO3. The number of likely N-dealkylation sites (tertiary alicyclic amines) is 1. The third-order valence-corrected chi connectivity index (χ3v) is 3.84. The Morgan fingerprint density at radius 3 is 2.12 bits per heavy atom. The molecule has 2 aliphatic rings. The van der Waals surface area contributed by atoms with Gasteiger partial charge in [0.15, 0.2) is 0 Å². The third kappa shape index (κ3) is 1.90. The Balaban J connectivity index is 2.26. The summed E-state index contributed by atoms with van der Waals surface area (Å²) in [6.45, 7) is 3.66. The Morgan fingerprint density at radius 2 is 1.71 bits per heavy atom. The number of amides is 2. The van der Waals surface area contributed by atoms with Crippen LogP contribution < -0.4 is 0 Å². The van der Waals surface area contributed by atoms with Crippen molar-refractivity contribution in [2.75, 3.05) is 6.61 Å². The summed E-state index contributed by atoms with van der Waals surface area (Å²) in [6, 6.07) is 0. The fourth-order valence-electron chi connectivity index (χ4n) is 2.78. The molecular weight excluding hydrogens is 218 g/mol. The van der Waals surface area contributed by atoms with Gasteiger partial charge in [0.1, 0.15) is 0 Å². The van der Waals surface area contributed by atoms with E-state index in [2.05, 4.69) is 0 Å². The fraction of sp³-hybridized carbons (Fsp3) is 0.692. The van der Waals surface area contributed by atoms with Crippen molar-refractivity contribution in [2.45, 2.75) is 38.6 Å². The Kier molecular flexibility index (Phi) is 3.08. The first-order valence-corrected chi connectivity index (χ1v) is 6.13. The van der Waals surface area contributed by atoms with E-state index in [1.165, 1.54) is 4.90 Å². The number of imide groups is 1. The summed E-state index contributed by atoms with van der Waals surface area (Å²) in [5.74, 6) is -0.485. The van der Waals surface area contributed by atoms with Crippen LogP contribution in [0, 0.1) is 11.8 Å². The van der Waals surface area contributed by atoms with E-state index >= 15 is 0 Å². The van der Waals surface area contributed by atoms with E-state index in [0.29, 0.717) is 19.3 Å². The van der Waals surface area contributed by atoms with Gasteiger partial charge in [-0.1, -0.05) is 12.2 Å². The van der Waals surface area contributed by atoms with Crippen molar-refractivity contribution in [3.63, 3.8) is 0 Å². The van der Waals surface area contributed by atoms with Crippen molar-refractivity contribution < 1.29 is 14.7 Å². The molecule has 2 atom stereocenters. The van der Waals surface area contributed by atoms with Gasteiger partial charge in [-0.3, -0.25) is 14.5 Å². The van der Waals surface area contributed by atoms with Gasteiger partial charge >= 0.3 is 0 Å². The van der Waals surface area contributed by atoms with Crippen LogP contribution in [-0.4, -0.2) is 34.0 Å². The van der Waals surface area contributed by atoms with Crippen LogP contribution in [0.3, 0.4) is 0 Å². The molecule has 2 unspecified atom stereocenters. The minimum atomic E-state index is -0.583. The molecule has 94 valence electrons. The number of carbonyl (C=O) groups is 2. The number of hydrogen-bond donors (Lipinski definition) is 1. The molecule has 1 N–H and O–H groups in total. The Labute approximate surface area is 101 Å². The predicted molar refractivity (Wildman–Crippen MR) is 63.0 cm³/mol. The zero-order valence-corrected chi connectivity index (χ0v) is 10.3. The molecule has 1 heterocycles. The molecule has 2 amide bonds. The maximum Gasteiger partial charge on any atom is 0.233 e. The Bertz CT molecular complexity index is 347. The van der Waals surface area contributed by atoms with Crippen molar-refractivity contribution in [1.29, 1.82) is 0 Å². The van der Waals surface area contributed by atoms with Crippen LogP contribution in [0.2, 0.25) is 0 Å². The SMILES string of the molecule is CC(C)(CCO)N1C(=O)C2CC=CCC2C1=O. The van der Waals surface area contributed by atoms with Gasteiger partial charge in [0.05, 0.1) is 11.8 Å². The minimum absolute atomic E-state index is 0.0162. The fourth-order valence-corrected chi connectivity index (χ4v) is 2.78. The molecule has 4 heteroatoms. The van der Waals surface area contributed by atoms with Gasteiger partial charge < -0.3 is 5.11 Å². The van der Waals surface area contributed by atoms with Gasteiger partial charge in [-0.2, -0.15) is 0 Å². The van der Waals surface area contributed by atoms with Crippen LogP contribution >= 0.6 is 0 Å². The van der Waals surface area contributed by atoms with Crippen LogP contribution in [0.1, 0.15) is 33.1 Å². The molecule has 0 bridgehead atoms. The quantitative estimate of drug-likeness (QED) is 0.590. The molecule has 1 saturated heterocycles. The van der Waals surface area contributed by atoms with Gasteiger partial charge in [-0.15, -0.1) is 0 Å². The maximum atomic E-state index is 12.3. The van der Waals surface area contributed by atoms with Crippen LogP contribution in [-0.2, 0) is 9.59 Å². The zero-order valence-electron chi connectivity index (χ0n) is 10.3. The van der Waals surface area contributed by atoms with E-state index in [-0.39, 0.29) is 30.3 Å². The lowest BCUT2D eigenvalue weighted by atomic mass is 9.85. The van der Waals surface area contributed by atoms with Gasteiger partial charge in [0, 0.05) is 12.1 Å². The van der Waals surface area contributed by atoms with Gasteiger partial charge in [0.25, 0.3) is 0 Å². The largest absolute Gasteiger partial charge is 0.396 e. The number of carbonyl (C=O) groups excluding carboxylic acids is 2. The number of allylic oxidation sites excluding steroid dienone is 2. The summed E-state index contributed by atoms with van der Waals surface area (Å²) < 4.78 is 0. The van der Waals surface area contributed by atoms with E-state index in [9.17, 15) is 9.59 Å². The molecule has 1 aliphatic heterocycles. The molecule has 0 aromatic heterocycles. The lowest BCUT2D eigenvalue weighted by molar-refractivity contribution is -0.146. The molecule has 0 aromatic carbocycles.